The number of nitrogens with zero attached hydrogens (tertiary/aromatic N) is 1. The maximum absolute atomic E-state index is 14.0. The van der Waals surface area contributed by atoms with E-state index in [1.54, 1.807) is 18.2 Å². The SMILES string of the molecule is O=C(COC(=O)c1cccc(N2C(=O)[C@@H]3C4c5ccccc5C(c5ccccc54)[C@H]3C2=O)c1)Nc1cc(Cl)ccc1Cl. The molecule has 1 heterocycles. The third kappa shape index (κ3) is 4.11. The molecule has 3 amide bonds. The van der Waals surface area contributed by atoms with Crippen molar-refractivity contribution in [2.45, 2.75) is 11.8 Å². The van der Waals surface area contributed by atoms with Crippen molar-refractivity contribution < 1.29 is 23.9 Å². The molecule has 0 spiro atoms. The van der Waals surface area contributed by atoms with E-state index in [2.05, 4.69) is 5.32 Å². The van der Waals surface area contributed by atoms with Crippen LogP contribution in [0.15, 0.2) is 91.0 Å². The molecular formula is C33H22Cl2N2O5. The lowest BCUT2D eigenvalue weighted by atomic mass is 9.55. The fourth-order valence-electron chi connectivity index (χ4n) is 6.70. The second-order valence-electron chi connectivity index (χ2n) is 10.6. The third-order valence-electron chi connectivity index (χ3n) is 8.33. The van der Waals surface area contributed by atoms with Crippen molar-refractivity contribution in [2.75, 3.05) is 16.8 Å². The third-order valence-corrected chi connectivity index (χ3v) is 8.89. The quantitative estimate of drug-likeness (QED) is 0.219. The van der Waals surface area contributed by atoms with Crippen molar-refractivity contribution in [1.82, 2.24) is 0 Å². The van der Waals surface area contributed by atoms with Crippen LogP contribution >= 0.6 is 23.2 Å². The molecule has 4 aliphatic rings. The topological polar surface area (TPSA) is 92.8 Å². The standard InChI is InChI=1S/C33H22Cl2N2O5/c34-18-12-13-24(35)25(15-18)36-26(38)16-42-33(41)17-6-5-7-19(14-17)37-31(39)29-27-20-8-1-2-9-21(20)28(30(29)32(37)40)23-11-4-3-10-22(23)27/h1-15,27-30H,16H2,(H,36,38)/t27?,28?,29-,30-/m1/s1. The van der Waals surface area contributed by atoms with Crippen molar-refractivity contribution >= 4 is 58.3 Å². The van der Waals surface area contributed by atoms with Crippen molar-refractivity contribution in [3.05, 3.63) is 129 Å². The number of anilines is 2. The minimum atomic E-state index is -0.777. The number of carbonyl (C=O) groups is 4. The van der Waals surface area contributed by atoms with Crippen LogP contribution < -0.4 is 10.2 Å². The zero-order valence-corrected chi connectivity index (χ0v) is 23.4. The number of imide groups is 1. The molecule has 0 unspecified atom stereocenters. The number of nitrogens with one attached hydrogen (secondary N) is 1. The molecule has 7 nitrogen and oxygen atoms in total. The lowest BCUT2D eigenvalue weighted by Crippen LogP contribution is -2.41. The number of rotatable bonds is 5. The first kappa shape index (κ1) is 26.4. The van der Waals surface area contributed by atoms with Crippen molar-refractivity contribution in [3.8, 4) is 0 Å². The van der Waals surface area contributed by atoms with Gasteiger partial charge in [-0.25, -0.2) is 9.69 Å². The lowest BCUT2D eigenvalue weighted by molar-refractivity contribution is -0.122. The molecular weight excluding hydrogens is 575 g/mol. The number of hydrogen-bond donors (Lipinski definition) is 1. The zero-order valence-electron chi connectivity index (χ0n) is 21.9. The lowest BCUT2D eigenvalue weighted by Gasteiger charge is -2.45. The van der Waals surface area contributed by atoms with Crippen LogP contribution in [0.4, 0.5) is 11.4 Å². The molecule has 4 aromatic carbocycles. The fourth-order valence-corrected chi connectivity index (χ4v) is 7.03. The maximum atomic E-state index is 14.0. The van der Waals surface area contributed by atoms with Crippen LogP contribution in [0, 0.1) is 11.8 Å². The number of esters is 1. The second-order valence-corrected chi connectivity index (χ2v) is 11.4. The number of amides is 3. The molecule has 0 aromatic heterocycles. The van der Waals surface area contributed by atoms with Crippen LogP contribution in [0.5, 0.6) is 0 Å². The zero-order chi connectivity index (χ0) is 29.1. The molecule has 0 radical (unpaired) electrons. The van der Waals surface area contributed by atoms with Crippen LogP contribution in [0.1, 0.15) is 44.4 Å². The van der Waals surface area contributed by atoms with Crippen LogP contribution in [-0.2, 0) is 19.1 Å². The van der Waals surface area contributed by atoms with Gasteiger partial charge in [-0.15, -0.1) is 0 Å². The molecule has 1 saturated heterocycles. The number of hydrogen-bond acceptors (Lipinski definition) is 5. The summed E-state index contributed by atoms with van der Waals surface area (Å²) in [7, 11) is 0. The average molecular weight is 597 g/mol. The van der Waals surface area contributed by atoms with Gasteiger partial charge in [-0.1, -0.05) is 77.8 Å². The Kier molecular flexibility index (Phi) is 6.37. The molecule has 1 aliphatic heterocycles. The summed E-state index contributed by atoms with van der Waals surface area (Å²) < 4.78 is 5.21. The largest absolute Gasteiger partial charge is 0.452 e. The molecule has 2 atom stereocenters. The van der Waals surface area contributed by atoms with Crippen LogP contribution in [-0.4, -0.2) is 30.3 Å². The Morgan fingerprint density at radius 3 is 1.88 bits per heavy atom. The number of halogens is 2. The van der Waals surface area contributed by atoms with Gasteiger partial charge in [0.15, 0.2) is 6.61 Å². The van der Waals surface area contributed by atoms with Crippen LogP contribution in [0.3, 0.4) is 0 Å². The van der Waals surface area contributed by atoms with Gasteiger partial charge in [0, 0.05) is 16.9 Å². The van der Waals surface area contributed by atoms with Gasteiger partial charge in [0.05, 0.1) is 33.8 Å². The Hall–Kier alpha value is -4.46. The van der Waals surface area contributed by atoms with Crippen LogP contribution in [0.2, 0.25) is 10.0 Å². The highest BCUT2D eigenvalue weighted by Gasteiger charge is 2.61. The van der Waals surface area contributed by atoms with E-state index in [0.29, 0.717) is 5.02 Å². The average Bonchev–Trinajstić information content (AvgIpc) is 3.27. The number of benzene rings is 4. The summed E-state index contributed by atoms with van der Waals surface area (Å²) in [6, 6.07) is 26.8. The summed E-state index contributed by atoms with van der Waals surface area (Å²) in [6.07, 6.45) is 0. The van der Waals surface area contributed by atoms with E-state index in [4.69, 9.17) is 27.9 Å². The van der Waals surface area contributed by atoms with E-state index in [0.717, 1.165) is 22.3 Å². The maximum Gasteiger partial charge on any atom is 0.338 e. The first-order valence-electron chi connectivity index (χ1n) is 13.4. The van der Waals surface area contributed by atoms with Crippen LogP contribution in [0.25, 0.3) is 0 Å². The molecule has 1 N–H and O–H groups in total. The highest BCUT2D eigenvalue weighted by molar-refractivity contribution is 6.35. The van der Waals surface area contributed by atoms with Gasteiger partial charge in [0.2, 0.25) is 11.8 Å². The van der Waals surface area contributed by atoms with Gasteiger partial charge in [-0.05, 0) is 58.7 Å². The Bertz CT molecular complexity index is 1710. The normalized spacial score (nSPS) is 21.4. The van der Waals surface area contributed by atoms with Crippen molar-refractivity contribution in [3.63, 3.8) is 0 Å². The summed E-state index contributed by atoms with van der Waals surface area (Å²) in [5, 5.41) is 3.22. The van der Waals surface area contributed by atoms with Crippen molar-refractivity contribution in [2.24, 2.45) is 11.8 Å². The van der Waals surface area contributed by atoms with Gasteiger partial charge in [0.25, 0.3) is 5.91 Å². The minimum Gasteiger partial charge on any atom is -0.452 e. The smallest absolute Gasteiger partial charge is 0.338 e. The van der Waals surface area contributed by atoms with Gasteiger partial charge in [0.1, 0.15) is 0 Å². The predicted molar refractivity (Wildman–Crippen MR) is 158 cm³/mol. The highest BCUT2D eigenvalue weighted by atomic mass is 35.5. The minimum absolute atomic E-state index is 0.103. The van der Waals surface area contributed by atoms with Gasteiger partial charge < -0.3 is 10.1 Å². The Morgan fingerprint density at radius 1 is 0.738 bits per heavy atom. The molecule has 42 heavy (non-hydrogen) atoms. The monoisotopic (exact) mass is 596 g/mol. The number of ether oxygens (including phenoxy) is 1. The van der Waals surface area contributed by atoms with Crippen molar-refractivity contribution in [1.29, 1.82) is 0 Å². The Labute approximate surface area is 251 Å². The summed E-state index contributed by atoms with van der Waals surface area (Å²) in [5.74, 6) is -3.48. The van der Waals surface area contributed by atoms with E-state index in [1.165, 1.54) is 29.2 Å². The molecule has 4 aromatic rings. The summed E-state index contributed by atoms with van der Waals surface area (Å²) in [4.78, 5) is 54.5. The van der Waals surface area contributed by atoms with Gasteiger partial charge >= 0.3 is 5.97 Å². The van der Waals surface area contributed by atoms with E-state index >= 15 is 0 Å². The molecule has 9 heteroatoms. The number of carbonyl (C=O) groups excluding carboxylic acids is 4. The van der Waals surface area contributed by atoms with Gasteiger partial charge in [-0.3, -0.25) is 14.4 Å². The molecule has 3 aliphatic carbocycles. The fraction of sp³-hybridized carbons (Fsp3) is 0.152. The first-order chi connectivity index (χ1) is 20.3. The molecule has 0 saturated carbocycles. The molecule has 208 valence electrons. The summed E-state index contributed by atoms with van der Waals surface area (Å²) in [6.45, 7) is -0.572. The molecule has 2 bridgehead atoms. The summed E-state index contributed by atoms with van der Waals surface area (Å²) >= 11 is 12.0. The molecule has 1 fully saturated rings. The Morgan fingerprint density at radius 2 is 1.31 bits per heavy atom. The van der Waals surface area contributed by atoms with E-state index in [-0.39, 0.29) is 45.6 Å². The second kappa shape index (κ2) is 10.1. The predicted octanol–water partition coefficient (Wildman–Crippen LogP) is 6.19. The highest BCUT2D eigenvalue weighted by Crippen LogP contribution is 2.61. The Balaban J connectivity index is 1.13. The van der Waals surface area contributed by atoms with E-state index in [9.17, 15) is 19.2 Å². The first-order valence-corrected chi connectivity index (χ1v) is 14.2. The summed E-state index contributed by atoms with van der Waals surface area (Å²) in [5.41, 5.74) is 5.01. The van der Waals surface area contributed by atoms with E-state index in [1.807, 2.05) is 48.5 Å². The van der Waals surface area contributed by atoms with Gasteiger partial charge in [-0.2, -0.15) is 0 Å². The van der Waals surface area contributed by atoms with E-state index < -0.39 is 30.3 Å². The molecule has 8 rings (SSSR count).